The topological polar surface area (TPSA) is 57.4 Å². The molecule has 0 amide bonds. The molecule has 1 aliphatic carbocycles. The van der Waals surface area contributed by atoms with Gasteiger partial charge in [-0.3, -0.25) is 4.98 Å². The van der Waals surface area contributed by atoms with Crippen molar-refractivity contribution in [3.63, 3.8) is 0 Å². The summed E-state index contributed by atoms with van der Waals surface area (Å²) < 4.78 is 25.5. The molecule has 3 rings (SSSR count). The Balaban J connectivity index is 2.00. The second-order valence-corrected chi connectivity index (χ2v) is 6.83. The van der Waals surface area contributed by atoms with Crippen molar-refractivity contribution >= 4 is 12.7 Å². The van der Waals surface area contributed by atoms with Crippen LogP contribution >= 0.6 is 0 Å². The van der Waals surface area contributed by atoms with Gasteiger partial charge in [0.25, 0.3) is 0 Å². The third-order valence-corrected chi connectivity index (χ3v) is 4.69. The van der Waals surface area contributed by atoms with Crippen LogP contribution in [-0.4, -0.2) is 23.3 Å². The largest absolute Gasteiger partial charge is 0.514 e. The van der Waals surface area contributed by atoms with Gasteiger partial charge in [0.15, 0.2) is 0 Å². The Kier molecular flexibility index (Phi) is 2.81. The first-order valence-corrected chi connectivity index (χ1v) is 6.95. The van der Waals surface area contributed by atoms with Gasteiger partial charge in [-0.25, -0.2) is 4.39 Å². The predicted molar refractivity (Wildman–Crippen MR) is 75.0 cm³/mol. The fraction of sp³-hybridized carbons (Fsp3) is 0.643. The maximum Gasteiger partial charge on any atom is 0.514 e. The van der Waals surface area contributed by atoms with Crippen LogP contribution in [0.15, 0.2) is 12.3 Å². The molecular weight excluding hydrogens is 258 g/mol. The number of rotatable bonds is 2. The van der Waals surface area contributed by atoms with Crippen molar-refractivity contribution in [3.05, 3.63) is 23.6 Å². The highest BCUT2D eigenvalue weighted by Gasteiger charge is 2.54. The first kappa shape index (κ1) is 14.0. The zero-order chi connectivity index (χ0) is 14.8. The van der Waals surface area contributed by atoms with Crippen LogP contribution in [0.2, 0.25) is 0 Å². The van der Waals surface area contributed by atoms with E-state index in [1.54, 1.807) is 0 Å². The molecule has 1 saturated carbocycles. The molecule has 1 saturated heterocycles. The van der Waals surface area contributed by atoms with Gasteiger partial charge in [0.05, 0.1) is 23.0 Å². The molecule has 0 aromatic carbocycles. The average molecular weight is 278 g/mol. The number of halogens is 1. The minimum Gasteiger partial charge on any atom is -0.398 e. The summed E-state index contributed by atoms with van der Waals surface area (Å²) in [6.45, 7) is 7.91. The van der Waals surface area contributed by atoms with Crippen LogP contribution in [-0.2, 0) is 14.8 Å². The van der Waals surface area contributed by atoms with Crippen LogP contribution in [0.3, 0.4) is 0 Å². The standard InChI is InChI=1S/C14H20BFN2O2/c1-12(2)13(3,4)20-15(19-12)11-10(14(17)5-6-14)7-9(16)8-18-11/h7-8H,5-6,17H2,1-4H3. The molecule has 0 atom stereocenters. The second-order valence-electron chi connectivity index (χ2n) is 6.83. The van der Waals surface area contributed by atoms with Crippen molar-refractivity contribution in [2.24, 2.45) is 5.73 Å². The van der Waals surface area contributed by atoms with E-state index in [0.29, 0.717) is 11.2 Å². The van der Waals surface area contributed by atoms with Crippen molar-refractivity contribution in [2.75, 3.05) is 0 Å². The van der Waals surface area contributed by atoms with Crippen molar-refractivity contribution in [2.45, 2.75) is 57.3 Å². The van der Waals surface area contributed by atoms with Crippen molar-refractivity contribution < 1.29 is 13.7 Å². The first-order chi connectivity index (χ1) is 9.15. The fourth-order valence-electron chi connectivity index (χ4n) is 2.40. The summed E-state index contributed by atoms with van der Waals surface area (Å²) in [5.74, 6) is -0.378. The Morgan fingerprint density at radius 1 is 1.20 bits per heavy atom. The summed E-state index contributed by atoms with van der Waals surface area (Å²) in [5.41, 5.74) is 6.15. The van der Waals surface area contributed by atoms with Crippen LogP contribution in [0.1, 0.15) is 46.1 Å². The van der Waals surface area contributed by atoms with Crippen molar-refractivity contribution in [1.82, 2.24) is 4.98 Å². The molecule has 2 aliphatic rings. The van der Waals surface area contributed by atoms with E-state index < -0.39 is 23.9 Å². The van der Waals surface area contributed by atoms with Gasteiger partial charge >= 0.3 is 7.12 Å². The van der Waals surface area contributed by atoms with E-state index in [1.165, 1.54) is 12.3 Å². The quantitative estimate of drug-likeness (QED) is 0.832. The van der Waals surface area contributed by atoms with Crippen LogP contribution in [0, 0.1) is 5.82 Å². The smallest absolute Gasteiger partial charge is 0.398 e. The third kappa shape index (κ3) is 2.06. The van der Waals surface area contributed by atoms with Gasteiger partial charge in [-0.2, -0.15) is 0 Å². The zero-order valence-electron chi connectivity index (χ0n) is 12.4. The summed E-state index contributed by atoms with van der Waals surface area (Å²) >= 11 is 0. The highest BCUT2D eigenvalue weighted by atomic mass is 19.1. The first-order valence-electron chi connectivity index (χ1n) is 6.95. The summed E-state index contributed by atoms with van der Waals surface area (Å²) in [6.07, 6.45) is 2.87. The Morgan fingerprint density at radius 2 is 1.75 bits per heavy atom. The van der Waals surface area contributed by atoms with E-state index in [1.807, 2.05) is 27.7 Å². The maximum absolute atomic E-state index is 13.5. The molecule has 0 unspecified atom stereocenters. The number of pyridine rings is 1. The van der Waals surface area contributed by atoms with Crippen LogP contribution in [0.5, 0.6) is 0 Å². The van der Waals surface area contributed by atoms with E-state index in [-0.39, 0.29) is 5.82 Å². The van der Waals surface area contributed by atoms with E-state index in [2.05, 4.69) is 4.98 Å². The Morgan fingerprint density at radius 3 is 2.25 bits per heavy atom. The number of nitrogens with two attached hydrogens (primary N) is 1. The van der Waals surface area contributed by atoms with Gasteiger partial charge in [-0.05, 0) is 52.2 Å². The third-order valence-electron chi connectivity index (χ3n) is 4.69. The maximum atomic E-state index is 13.5. The average Bonchev–Trinajstić information content (AvgIpc) is 3.02. The van der Waals surface area contributed by atoms with E-state index in [4.69, 9.17) is 15.0 Å². The normalized spacial score (nSPS) is 25.8. The monoisotopic (exact) mass is 278 g/mol. The predicted octanol–water partition coefficient (Wildman–Crippen LogP) is 1.47. The molecule has 20 heavy (non-hydrogen) atoms. The van der Waals surface area contributed by atoms with Gasteiger partial charge in [0.2, 0.25) is 0 Å². The lowest BCUT2D eigenvalue weighted by Gasteiger charge is -2.32. The Bertz CT molecular complexity index is 542. The zero-order valence-corrected chi connectivity index (χ0v) is 12.4. The molecule has 1 aliphatic heterocycles. The molecule has 2 fully saturated rings. The highest BCUT2D eigenvalue weighted by Crippen LogP contribution is 2.43. The van der Waals surface area contributed by atoms with Crippen LogP contribution in [0.25, 0.3) is 0 Å². The molecule has 6 heteroatoms. The van der Waals surface area contributed by atoms with E-state index in [0.717, 1.165) is 12.8 Å². The van der Waals surface area contributed by atoms with Gasteiger partial charge in [-0.1, -0.05) is 0 Å². The molecule has 1 aromatic heterocycles. The molecule has 0 radical (unpaired) electrons. The number of hydrogen-bond acceptors (Lipinski definition) is 4. The molecule has 1 aromatic rings. The van der Waals surface area contributed by atoms with Crippen LogP contribution in [0.4, 0.5) is 4.39 Å². The van der Waals surface area contributed by atoms with E-state index in [9.17, 15) is 4.39 Å². The minimum atomic E-state index is -0.600. The van der Waals surface area contributed by atoms with Crippen LogP contribution < -0.4 is 11.3 Å². The van der Waals surface area contributed by atoms with Crippen molar-refractivity contribution in [3.8, 4) is 0 Å². The lowest BCUT2D eigenvalue weighted by molar-refractivity contribution is 0.00578. The fourth-order valence-corrected chi connectivity index (χ4v) is 2.40. The second kappa shape index (κ2) is 4.03. The molecule has 2 N–H and O–H groups in total. The lowest BCUT2D eigenvalue weighted by Crippen LogP contribution is -2.43. The Labute approximate surface area is 119 Å². The van der Waals surface area contributed by atoms with Gasteiger partial charge in [-0.15, -0.1) is 0 Å². The summed E-state index contributed by atoms with van der Waals surface area (Å²) in [5, 5.41) is 0. The van der Waals surface area contributed by atoms with Gasteiger partial charge in [0, 0.05) is 5.54 Å². The molecule has 0 bridgehead atoms. The molecular formula is C14H20BFN2O2. The van der Waals surface area contributed by atoms with Crippen molar-refractivity contribution in [1.29, 1.82) is 0 Å². The van der Waals surface area contributed by atoms with Gasteiger partial charge < -0.3 is 15.0 Å². The van der Waals surface area contributed by atoms with E-state index >= 15 is 0 Å². The summed E-state index contributed by atoms with van der Waals surface area (Å²) in [4.78, 5) is 4.19. The SMILES string of the molecule is CC1(C)OB(c2ncc(F)cc2C2(N)CC2)OC1(C)C. The molecule has 2 heterocycles. The van der Waals surface area contributed by atoms with Gasteiger partial charge in [0.1, 0.15) is 5.82 Å². The number of nitrogens with zero attached hydrogens (tertiary/aromatic N) is 1. The minimum absolute atomic E-state index is 0.378. The molecule has 0 spiro atoms. The Hall–Kier alpha value is -0.975. The summed E-state index contributed by atoms with van der Waals surface area (Å²) in [6, 6.07) is 1.46. The molecule has 4 nitrogen and oxygen atoms in total. The molecule has 108 valence electrons. The highest BCUT2D eigenvalue weighted by molar-refractivity contribution is 6.61. The number of aromatic nitrogens is 1. The number of hydrogen-bond donors (Lipinski definition) is 1. The lowest BCUT2D eigenvalue weighted by atomic mass is 9.78. The summed E-state index contributed by atoms with van der Waals surface area (Å²) in [7, 11) is -0.600.